The number of nitrogens with one attached hydrogen (secondary N) is 1. The zero-order valence-corrected chi connectivity index (χ0v) is 13.7. The maximum absolute atomic E-state index is 3.72. The van der Waals surface area contributed by atoms with Gasteiger partial charge in [-0.15, -0.1) is 11.3 Å². The van der Waals surface area contributed by atoms with E-state index >= 15 is 0 Å². The van der Waals surface area contributed by atoms with Crippen LogP contribution >= 0.6 is 27.3 Å². The Morgan fingerprint density at radius 2 is 1.94 bits per heavy atom. The van der Waals surface area contributed by atoms with Crippen LogP contribution in [0.2, 0.25) is 0 Å². The highest BCUT2D eigenvalue weighted by molar-refractivity contribution is 9.11. The highest BCUT2D eigenvalue weighted by atomic mass is 79.9. The molecule has 0 amide bonds. The highest BCUT2D eigenvalue weighted by Gasteiger charge is 2.21. The van der Waals surface area contributed by atoms with E-state index in [-0.39, 0.29) is 0 Å². The fourth-order valence-electron chi connectivity index (χ4n) is 2.20. The van der Waals surface area contributed by atoms with Crippen LogP contribution in [0.1, 0.15) is 56.5 Å². The molecule has 1 aromatic heterocycles. The molecule has 0 aromatic carbocycles. The van der Waals surface area contributed by atoms with Crippen LogP contribution in [-0.4, -0.2) is 6.54 Å². The SMILES string of the molecule is CCCNC(c1cc(C)c(Br)s1)C(CC)CC. The molecule has 0 fully saturated rings. The first-order valence-electron chi connectivity index (χ1n) is 6.63. The molecule has 1 atom stereocenters. The Morgan fingerprint density at radius 3 is 2.35 bits per heavy atom. The largest absolute Gasteiger partial charge is 0.309 e. The summed E-state index contributed by atoms with van der Waals surface area (Å²) in [7, 11) is 0. The summed E-state index contributed by atoms with van der Waals surface area (Å²) >= 11 is 5.52. The van der Waals surface area contributed by atoms with Crippen molar-refractivity contribution in [3.63, 3.8) is 0 Å². The van der Waals surface area contributed by atoms with E-state index in [4.69, 9.17) is 0 Å². The van der Waals surface area contributed by atoms with Gasteiger partial charge in [0.1, 0.15) is 0 Å². The summed E-state index contributed by atoms with van der Waals surface area (Å²) in [4.78, 5) is 1.48. The predicted octanol–water partition coefficient (Wildman–Crippen LogP) is 5.30. The molecule has 17 heavy (non-hydrogen) atoms. The molecule has 0 radical (unpaired) electrons. The van der Waals surface area contributed by atoms with Crippen LogP contribution in [-0.2, 0) is 0 Å². The molecule has 3 heteroatoms. The van der Waals surface area contributed by atoms with Gasteiger partial charge in [0.2, 0.25) is 0 Å². The minimum atomic E-state index is 0.528. The van der Waals surface area contributed by atoms with E-state index in [0.29, 0.717) is 6.04 Å². The molecule has 0 saturated heterocycles. The first kappa shape index (κ1) is 15.2. The van der Waals surface area contributed by atoms with Crippen molar-refractivity contribution in [2.45, 2.75) is 53.0 Å². The van der Waals surface area contributed by atoms with Gasteiger partial charge in [-0.2, -0.15) is 0 Å². The van der Waals surface area contributed by atoms with Crippen molar-refractivity contribution < 1.29 is 0 Å². The van der Waals surface area contributed by atoms with Crippen molar-refractivity contribution in [2.75, 3.05) is 6.54 Å². The van der Waals surface area contributed by atoms with Gasteiger partial charge in [0.25, 0.3) is 0 Å². The second kappa shape index (κ2) is 7.55. The summed E-state index contributed by atoms with van der Waals surface area (Å²) in [5, 5.41) is 3.72. The third-order valence-corrected chi connectivity index (χ3v) is 5.54. The summed E-state index contributed by atoms with van der Waals surface area (Å²) in [6.45, 7) is 10.1. The lowest BCUT2D eigenvalue weighted by atomic mass is 9.92. The fraction of sp³-hybridized carbons (Fsp3) is 0.714. The van der Waals surface area contributed by atoms with E-state index in [1.807, 2.05) is 11.3 Å². The maximum atomic E-state index is 3.72. The molecule has 1 nitrogen and oxygen atoms in total. The zero-order valence-electron chi connectivity index (χ0n) is 11.3. The van der Waals surface area contributed by atoms with Gasteiger partial charge in [0.05, 0.1) is 3.79 Å². The van der Waals surface area contributed by atoms with E-state index in [1.54, 1.807) is 0 Å². The molecule has 0 spiro atoms. The van der Waals surface area contributed by atoms with Crippen molar-refractivity contribution in [3.05, 3.63) is 20.3 Å². The smallest absolute Gasteiger partial charge is 0.0731 e. The maximum Gasteiger partial charge on any atom is 0.0731 e. The summed E-state index contributed by atoms with van der Waals surface area (Å²) in [5.74, 6) is 0.742. The minimum Gasteiger partial charge on any atom is -0.309 e. The van der Waals surface area contributed by atoms with E-state index in [1.165, 1.54) is 33.5 Å². The van der Waals surface area contributed by atoms with Crippen molar-refractivity contribution in [3.8, 4) is 0 Å². The monoisotopic (exact) mass is 317 g/mol. The number of halogens is 1. The third kappa shape index (κ3) is 4.08. The van der Waals surface area contributed by atoms with Gasteiger partial charge < -0.3 is 5.32 Å². The lowest BCUT2D eigenvalue weighted by molar-refractivity contribution is 0.346. The molecule has 1 heterocycles. The van der Waals surface area contributed by atoms with E-state index < -0.39 is 0 Å². The minimum absolute atomic E-state index is 0.528. The average Bonchev–Trinajstić information content (AvgIpc) is 2.65. The van der Waals surface area contributed by atoms with E-state index in [9.17, 15) is 0 Å². The Bertz CT molecular complexity index is 311. The van der Waals surface area contributed by atoms with Crippen molar-refractivity contribution >= 4 is 27.3 Å². The normalized spacial score (nSPS) is 13.3. The van der Waals surface area contributed by atoms with Crippen LogP contribution in [0.25, 0.3) is 0 Å². The first-order chi connectivity index (χ1) is 8.13. The highest BCUT2D eigenvalue weighted by Crippen LogP contribution is 2.36. The summed E-state index contributed by atoms with van der Waals surface area (Å²) < 4.78 is 1.28. The van der Waals surface area contributed by atoms with Crippen LogP contribution in [0.15, 0.2) is 9.85 Å². The second-order valence-electron chi connectivity index (χ2n) is 4.61. The van der Waals surface area contributed by atoms with Gasteiger partial charge in [0.15, 0.2) is 0 Å². The van der Waals surface area contributed by atoms with Gasteiger partial charge in [-0.05, 0) is 53.4 Å². The van der Waals surface area contributed by atoms with Crippen LogP contribution < -0.4 is 5.32 Å². The molecule has 98 valence electrons. The number of rotatable bonds is 7. The number of hydrogen-bond donors (Lipinski definition) is 1. The molecular formula is C14H24BrNS. The molecular weight excluding hydrogens is 294 g/mol. The molecule has 0 saturated carbocycles. The predicted molar refractivity (Wildman–Crippen MR) is 81.9 cm³/mol. The second-order valence-corrected chi connectivity index (χ2v) is 7.02. The van der Waals surface area contributed by atoms with Crippen LogP contribution in [0, 0.1) is 12.8 Å². The standard InChI is InChI=1S/C14H24BrNS/c1-5-8-16-13(11(6-2)7-3)12-9-10(4)14(15)17-12/h9,11,13,16H,5-8H2,1-4H3. The number of hydrogen-bond acceptors (Lipinski definition) is 2. The van der Waals surface area contributed by atoms with Gasteiger partial charge in [-0.1, -0.05) is 33.6 Å². The molecule has 0 bridgehead atoms. The van der Waals surface area contributed by atoms with Crippen LogP contribution in [0.5, 0.6) is 0 Å². The van der Waals surface area contributed by atoms with E-state index in [0.717, 1.165) is 12.5 Å². The summed E-state index contributed by atoms with van der Waals surface area (Å²) in [6.07, 6.45) is 3.68. The van der Waals surface area contributed by atoms with Crippen molar-refractivity contribution in [1.29, 1.82) is 0 Å². The van der Waals surface area contributed by atoms with Gasteiger partial charge in [0, 0.05) is 10.9 Å². The quantitative estimate of drug-likeness (QED) is 0.720. The van der Waals surface area contributed by atoms with Crippen molar-refractivity contribution in [1.82, 2.24) is 5.32 Å². The van der Waals surface area contributed by atoms with Gasteiger partial charge in [-0.3, -0.25) is 0 Å². The lowest BCUT2D eigenvalue weighted by Crippen LogP contribution is -2.27. The third-order valence-electron chi connectivity index (χ3n) is 3.32. The number of aryl methyl sites for hydroxylation is 1. The zero-order chi connectivity index (χ0) is 12.8. The molecule has 1 unspecified atom stereocenters. The molecule has 0 aliphatic heterocycles. The average molecular weight is 318 g/mol. The first-order valence-corrected chi connectivity index (χ1v) is 8.24. The van der Waals surface area contributed by atoms with Crippen LogP contribution in [0.3, 0.4) is 0 Å². The molecule has 1 rings (SSSR count). The van der Waals surface area contributed by atoms with E-state index in [2.05, 4.69) is 55.0 Å². The Balaban J connectivity index is 2.88. The molecule has 0 aliphatic carbocycles. The topological polar surface area (TPSA) is 12.0 Å². The molecule has 1 aromatic rings. The Labute approximate surface area is 118 Å². The Kier molecular flexibility index (Phi) is 6.75. The van der Waals surface area contributed by atoms with Gasteiger partial charge in [-0.25, -0.2) is 0 Å². The van der Waals surface area contributed by atoms with Crippen LogP contribution in [0.4, 0.5) is 0 Å². The van der Waals surface area contributed by atoms with Gasteiger partial charge >= 0.3 is 0 Å². The lowest BCUT2D eigenvalue weighted by Gasteiger charge is -2.25. The summed E-state index contributed by atoms with van der Waals surface area (Å²) in [5.41, 5.74) is 1.36. The molecule has 0 aliphatic rings. The number of thiophene rings is 1. The molecule has 1 N–H and O–H groups in total. The fourth-order valence-corrected chi connectivity index (χ4v) is 3.94. The Hall–Kier alpha value is 0.140. The Morgan fingerprint density at radius 1 is 1.29 bits per heavy atom. The summed E-state index contributed by atoms with van der Waals surface area (Å²) in [6, 6.07) is 2.86. The van der Waals surface area contributed by atoms with Crippen molar-refractivity contribution in [2.24, 2.45) is 5.92 Å².